The summed E-state index contributed by atoms with van der Waals surface area (Å²) in [4.78, 5) is 0. The van der Waals surface area contributed by atoms with Crippen molar-refractivity contribution >= 4 is 6.21 Å². The normalized spacial score (nSPS) is 15.8. The summed E-state index contributed by atoms with van der Waals surface area (Å²) in [6, 6.07) is 0. The number of nitrogens with zero attached hydrogens (tertiary/aromatic N) is 1. The summed E-state index contributed by atoms with van der Waals surface area (Å²) in [7, 11) is 0. The van der Waals surface area contributed by atoms with Crippen LogP contribution in [0.1, 0.15) is 0 Å². The molecule has 0 radical (unpaired) electrons. The Hall–Kier alpha value is -1.53. The Morgan fingerprint density at radius 1 is 1.50 bits per heavy atom. The van der Waals surface area contributed by atoms with Crippen LogP contribution in [-0.2, 0) is 0 Å². The Morgan fingerprint density at radius 2 is 2.40 bits per heavy atom. The number of allylic oxidation sites excluding steroid dienone is 5. The Bertz CT molecular complexity index is 252. The summed E-state index contributed by atoms with van der Waals surface area (Å²) in [5.41, 5.74) is 3.70. The van der Waals surface area contributed by atoms with Gasteiger partial charge in [0, 0.05) is 5.57 Å². The number of rotatable bonds is 1. The molecule has 0 saturated carbocycles. The van der Waals surface area contributed by atoms with Gasteiger partial charge in [-0.05, 0) is 12.2 Å². The van der Waals surface area contributed by atoms with E-state index in [1.165, 1.54) is 6.21 Å². The van der Waals surface area contributed by atoms with E-state index >= 15 is 0 Å². The largest absolute Gasteiger partial charge is 0.411 e. The molecule has 0 unspecified atom stereocenters. The van der Waals surface area contributed by atoms with E-state index in [1.807, 2.05) is 18.2 Å². The maximum absolute atomic E-state index is 8.16. The van der Waals surface area contributed by atoms with Crippen molar-refractivity contribution in [3.05, 3.63) is 41.7 Å². The van der Waals surface area contributed by atoms with E-state index in [1.54, 1.807) is 12.2 Å². The predicted octanol–water partition coefficient (Wildman–Crippen LogP) is 1.65. The summed E-state index contributed by atoms with van der Waals surface area (Å²) >= 11 is 0. The van der Waals surface area contributed by atoms with Gasteiger partial charge in [-0.15, -0.1) is 5.73 Å². The first-order valence-corrected chi connectivity index (χ1v) is 2.90. The van der Waals surface area contributed by atoms with Gasteiger partial charge in [0.1, 0.15) is 0 Å². The van der Waals surface area contributed by atoms with Gasteiger partial charge in [-0.2, -0.15) is 0 Å². The van der Waals surface area contributed by atoms with Crippen molar-refractivity contribution in [2.24, 2.45) is 5.16 Å². The molecule has 0 aromatic heterocycles. The molecule has 0 heterocycles. The van der Waals surface area contributed by atoms with Crippen LogP contribution in [0.3, 0.4) is 0 Å². The molecular formula is C8H7NO. The molecule has 2 nitrogen and oxygen atoms in total. The van der Waals surface area contributed by atoms with E-state index in [2.05, 4.69) is 10.9 Å². The van der Waals surface area contributed by atoms with Crippen molar-refractivity contribution in [2.45, 2.75) is 0 Å². The lowest BCUT2D eigenvalue weighted by Crippen LogP contribution is -1.76. The molecule has 2 heteroatoms. The van der Waals surface area contributed by atoms with Crippen LogP contribution in [-0.4, -0.2) is 11.4 Å². The molecule has 0 fully saturated rings. The van der Waals surface area contributed by atoms with Gasteiger partial charge >= 0.3 is 0 Å². The van der Waals surface area contributed by atoms with Gasteiger partial charge in [-0.25, -0.2) is 0 Å². The second-order valence-corrected chi connectivity index (χ2v) is 1.77. The minimum Gasteiger partial charge on any atom is -0.411 e. The highest BCUT2D eigenvalue weighted by Crippen LogP contribution is 1.96. The first-order valence-electron chi connectivity index (χ1n) is 2.90. The molecule has 0 bridgehead atoms. The fourth-order valence-corrected chi connectivity index (χ4v) is 0.617. The number of oxime groups is 1. The molecule has 0 spiro atoms. The van der Waals surface area contributed by atoms with Crippen molar-refractivity contribution < 1.29 is 5.21 Å². The van der Waals surface area contributed by atoms with Crippen molar-refractivity contribution in [2.75, 3.05) is 0 Å². The van der Waals surface area contributed by atoms with Crippen molar-refractivity contribution in [1.29, 1.82) is 0 Å². The van der Waals surface area contributed by atoms with Gasteiger partial charge in [0.05, 0.1) is 6.21 Å². The maximum atomic E-state index is 8.16. The summed E-state index contributed by atoms with van der Waals surface area (Å²) in [5.74, 6) is 0. The Kier molecular flexibility index (Phi) is 2.30. The topological polar surface area (TPSA) is 32.6 Å². The minimum atomic E-state index is 0.826. The highest BCUT2D eigenvalue weighted by Gasteiger charge is 1.83. The molecule has 1 N–H and O–H groups in total. The van der Waals surface area contributed by atoms with E-state index in [0.717, 1.165) is 5.57 Å². The average molecular weight is 133 g/mol. The van der Waals surface area contributed by atoms with E-state index in [-0.39, 0.29) is 0 Å². The van der Waals surface area contributed by atoms with Gasteiger partial charge in [0.25, 0.3) is 0 Å². The molecule has 0 aliphatic heterocycles. The summed E-state index contributed by atoms with van der Waals surface area (Å²) in [6.45, 7) is 0. The highest BCUT2D eigenvalue weighted by atomic mass is 16.4. The molecule has 10 heavy (non-hydrogen) atoms. The molecule has 0 saturated heterocycles. The third kappa shape index (κ3) is 1.77. The Morgan fingerprint density at radius 3 is 3.20 bits per heavy atom. The van der Waals surface area contributed by atoms with E-state index in [0.29, 0.717) is 0 Å². The first kappa shape index (κ1) is 6.59. The van der Waals surface area contributed by atoms with Crippen molar-refractivity contribution in [1.82, 2.24) is 0 Å². The van der Waals surface area contributed by atoms with Gasteiger partial charge in [0.15, 0.2) is 0 Å². The third-order valence-corrected chi connectivity index (χ3v) is 1.05. The van der Waals surface area contributed by atoms with Crippen LogP contribution in [0.5, 0.6) is 0 Å². The lowest BCUT2D eigenvalue weighted by molar-refractivity contribution is 0.322. The molecule has 1 rings (SSSR count). The third-order valence-electron chi connectivity index (χ3n) is 1.05. The van der Waals surface area contributed by atoms with Crippen LogP contribution in [0, 0.1) is 0 Å². The average Bonchev–Trinajstić information content (AvgIpc) is 2.17. The highest BCUT2D eigenvalue weighted by molar-refractivity contribution is 5.82. The zero-order chi connectivity index (χ0) is 7.23. The molecule has 1 aliphatic carbocycles. The van der Waals surface area contributed by atoms with Crippen LogP contribution in [0.2, 0.25) is 0 Å². The fraction of sp³-hybridized carbons (Fsp3) is 0. The standard InChI is InChI=1S/C8H7NO/c10-9-7-8-5-3-1-2-4-6-8/h1-3,5-7,10H/b9-7+. The van der Waals surface area contributed by atoms with E-state index in [4.69, 9.17) is 5.21 Å². The second kappa shape index (κ2) is 3.49. The summed E-state index contributed by atoms with van der Waals surface area (Å²) in [5, 5.41) is 11.0. The zero-order valence-electron chi connectivity index (χ0n) is 5.36. The van der Waals surface area contributed by atoms with Gasteiger partial charge < -0.3 is 5.21 Å². The first-order chi connectivity index (χ1) is 4.93. The molecular weight excluding hydrogens is 126 g/mol. The van der Waals surface area contributed by atoms with Crippen LogP contribution >= 0.6 is 0 Å². The molecule has 1 aliphatic rings. The SMILES string of the molecule is O/N=C/C1=CC=CC=C=C1. The predicted molar refractivity (Wildman–Crippen MR) is 40.2 cm³/mol. The van der Waals surface area contributed by atoms with Crippen LogP contribution in [0.25, 0.3) is 0 Å². The molecule has 0 atom stereocenters. The van der Waals surface area contributed by atoms with Crippen molar-refractivity contribution in [3.8, 4) is 0 Å². The number of hydrogen-bond donors (Lipinski definition) is 1. The lowest BCUT2D eigenvalue weighted by Gasteiger charge is -1.82. The summed E-state index contributed by atoms with van der Waals surface area (Å²) < 4.78 is 0. The summed E-state index contributed by atoms with van der Waals surface area (Å²) in [6.07, 6.45) is 10.4. The smallest absolute Gasteiger partial charge is 0.0740 e. The molecule has 0 amide bonds. The van der Waals surface area contributed by atoms with Crippen LogP contribution in [0.15, 0.2) is 46.8 Å². The van der Waals surface area contributed by atoms with E-state index in [9.17, 15) is 0 Å². The zero-order valence-corrected chi connectivity index (χ0v) is 5.36. The lowest BCUT2D eigenvalue weighted by atomic mass is 10.3. The fourth-order valence-electron chi connectivity index (χ4n) is 0.617. The van der Waals surface area contributed by atoms with Crippen LogP contribution < -0.4 is 0 Å². The van der Waals surface area contributed by atoms with Gasteiger partial charge in [0.2, 0.25) is 0 Å². The molecule has 50 valence electrons. The molecule has 0 aromatic rings. The van der Waals surface area contributed by atoms with Crippen molar-refractivity contribution in [3.63, 3.8) is 0 Å². The minimum absolute atomic E-state index is 0.826. The Labute approximate surface area is 59.2 Å². The number of hydrogen-bond acceptors (Lipinski definition) is 2. The van der Waals surface area contributed by atoms with E-state index < -0.39 is 0 Å². The maximum Gasteiger partial charge on any atom is 0.0740 e. The van der Waals surface area contributed by atoms with Gasteiger partial charge in [-0.1, -0.05) is 23.4 Å². The molecule has 0 aromatic carbocycles. The van der Waals surface area contributed by atoms with Crippen LogP contribution in [0.4, 0.5) is 0 Å². The quantitative estimate of drug-likeness (QED) is 0.251. The second-order valence-electron chi connectivity index (χ2n) is 1.77. The van der Waals surface area contributed by atoms with Gasteiger partial charge in [-0.3, -0.25) is 0 Å². The monoisotopic (exact) mass is 133 g/mol. The Balaban J connectivity index is 2.86.